The van der Waals surface area contributed by atoms with E-state index in [9.17, 15) is 18.0 Å². The van der Waals surface area contributed by atoms with Gasteiger partial charge in [0.2, 0.25) is 0 Å². The van der Waals surface area contributed by atoms with Crippen LogP contribution in [0.3, 0.4) is 0 Å². The van der Waals surface area contributed by atoms with Gasteiger partial charge in [-0.2, -0.15) is 13.2 Å². The van der Waals surface area contributed by atoms with Gasteiger partial charge in [0, 0.05) is 18.8 Å². The van der Waals surface area contributed by atoms with Crippen molar-refractivity contribution in [3.63, 3.8) is 0 Å². The van der Waals surface area contributed by atoms with Gasteiger partial charge >= 0.3 is 6.18 Å². The standard InChI is InChI=1S/C14H17F3N2O/c1-8-5-10(6-8)19-13(20)11-7-9(14(15,16)17)3-4-12(11)18-2/h3-4,7-8,10,18H,5-6H2,1-2H3,(H,19,20). The van der Waals surface area contributed by atoms with Crippen molar-refractivity contribution in [1.29, 1.82) is 0 Å². The molecule has 1 aliphatic carbocycles. The summed E-state index contributed by atoms with van der Waals surface area (Å²) in [6.07, 6.45) is -2.70. The number of hydrogen-bond donors (Lipinski definition) is 2. The van der Waals surface area contributed by atoms with Gasteiger partial charge in [-0.1, -0.05) is 6.92 Å². The fourth-order valence-electron chi connectivity index (χ4n) is 2.41. The monoisotopic (exact) mass is 286 g/mol. The zero-order chi connectivity index (χ0) is 14.9. The average molecular weight is 286 g/mol. The molecule has 0 bridgehead atoms. The number of anilines is 1. The molecule has 0 aromatic heterocycles. The fourth-order valence-corrected chi connectivity index (χ4v) is 2.41. The highest BCUT2D eigenvalue weighted by Gasteiger charge is 2.32. The number of halogens is 3. The number of alkyl halides is 3. The minimum absolute atomic E-state index is 0.0295. The first-order valence-corrected chi connectivity index (χ1v) is 6.51. The minimum Gasteiger partial charge on any atom is -0.387 e. The maximum atomic E-state index is 12.7. The third kappa shape index (κ3) is 3.05. The number of hydrogen-bond acceptors (Lipinski definition) is 2. The van der Waals surface area contributed by atoms with Crippen LogP contribution in [0, 0.1) is 5.92 Å². The van der Waals surface area contributed by atoms with E-state index in [1.165, 1.54) is 6.07 Å². The summed E-state index contributed by atoms with van der Waals surface area (Å²) in [6.45, 7) is 2.08. The Labute approximate surface area is 115 Å². The molecule has 0 radical (unpaired) electrons. The third-order valence-electron chi connectivity index (χ3n) is 3.57. The van der Waals surface area contributed by atoms with Gasteiger partial charge in [-0.3, -0.25) is 4.79 Å². The second-order valence-corrected chi connectivity index (χ2v) is 5.26. The first kappa shape index (κ1) is 14.7. The molecule has 110 valence electrons. The summed E-state index contributed by atoms with van der Waals surface area (Å²) in [5.74, 6) is 0.0999. The molecule has 2 N–H and O–H groups in total. The van der Waals surface area contributed by atoms with Crippen molar-refractivity contribution in [3.8, 4) is 0 Å². The lowest BCUT2D eigenvalue weighted by Crippen LogP contribution is -2.43. The van der Waals surface area contributed by atoms with E-state index in [2.05, 4.69) is 17.6 Å². The molecule has 0 spiro atoms. The van der Waals surface area contributed by atoms with Crippen LogP contribution in [0.5, 0.6) is 0 Å². The van der Waals surface area contributed by atoms with Crippen LogP contribution in [0.2, 0.25) is 0 Å². The summed E-state index contributed by atoms with van der Waals surface area (Å²) in [4.78, 5) is 12.1. The number of carbonyl (C=O) groups excluding carboxylic acids is 1. The second-order valence-electron chi connectivity index (χ2n) is 5.26. The molecule has 20 heavy (non-hydrogen) atoms. The normalized spacial score (nSPS) is 22.1. The van der Waals surface area contributed by atoms with E-state index >= 15 is 0 Å². The average Bonchev–Trinajstić information content (AvgIpc) is 2.35. The van der Waals surface area contributed by atoms with Crippen LogP contribution in [0.15, 0.2) is 18.2 Å². The highest BCUT2D eigenvalue weighted by molar-refractivity contribution is 6.00. The van der Waals surface area contributed by atoms with E-state index in [1.54, 1.807) is 7.05 Å². The first-order chi connectivity index (χ1) is 9.31. The molecule has 3 nitrogen and oxygen atoms in total. The molecule has 0 saturated heterocycles. The molecule has 2 rings (SSSR count). The largest absolute Gasteiger partial charge is 0.416 e. The molecule has 1 aromatic carbocycles. The van der Waals surface area contributed by atoms with Crippen LogP contribution in [0.1, 0.15) is 35.7 Å². The van der Waals surface area contributed by atoms with Gasteiger partial charge in [0.25, 0.3) is 5.91 Å². The third-order valence-corrected chi connectivity index (χ3v) is 3.57. The van der Waals surface area contributed by atoms with Crippen LogP contribution in [-0.2, 0) is 6.18 Å². The van der Waals surface area contributed by atoms with Crippen LogP contribution in [0.4, 0.5) is 18.9 Å². The van der Waals surface area contributed by atoms with E-state index in [4.69, 9.17) is 0 Å². The smallest absolute Gasteiger partial charge is 0.387 e. The van der Waals surface area contributed by atoms with Gasteiger partial charge in [0.05, 0.1) is 11.1 Å². The molecular weight excluding hydrogens is 269 g/mol. The molecule has 1 fully saturated rings. The summed E-state index contributed by atoms with van der Waals surface area (Å²) < 4.78 is 38.1. The Morgan fingerprint density at radius 2 is 1.95 bits per heavy atom. The van der Waals surface area contributed by atoms with Crippen molar-refractivity contribution in [2.75, 3.05) is 12.4 Å². The lowest BCUT2D eigenvalue weighted by atomic mass is 9.82. The Kier molecular flexibility index (Phi) is 3.92. The molecule has 0 atom stereocenters. The molecule has 0 unspecified atom stereocenters. The number of benzene rings is 1. The molecule has 1 amide bonds. The van der Waals surface area contributed by atoms with Gasteiger partial charge in [0.1, 0.15) is 0 Å². The molecule has 1 saturated carbocycles. The van der Waals surface area contributed by atoms with Gasteiger partial charge in [-0.15, -0.1) is 0 Å². The Morgan fingerprint density at radius 3 is 2.45 bits per heavy atom. The van der Waals surface area contributed by atoms with Crippen molar-refractivity contribution in [1.82, 2.24) is 5.32 Å². The van der Waals surface area contributed by atoms with Gasteiger partial charge in [-0.25, -0.2) is 0 Å². The number of rotatable bonds is 3. The van der Waals surface area contributed by atoms with E-state index < -0.39 is 17.6 Å². The highest BCUT2D eigenvalue weighted by Crippen LogP contribution is 2.32. The van der Waals surface area contributed by atoms with Crippen LogP contribution >= 0.6 is 0 Å². The van der Waals surface area contributed by atoms with Crippen LogP contribution < -0.4 is 10.6 Å². The summed E-state index contributed by atoms with van der Waals surface area (Å²) in [7, 11) is 1.57. The topological polar surface area (TPSA) is 41.1 Å². The van der Waals surface area contributed by atoms with Crippen LogP contribution in [0.25, 0.3) is 0 Å². The lowest BCUT2D eigenvalue weighted by Gasteiger charge is -2.33. The number of nitrogens with one attached hydrogen (secondary N) is 2. The number of carbonyl (C=O) groups is 1. The SMILES string of the molecule is CNc1ccc(C(F)(F)F)cc1C(=O)NC1CC(C)C1. The van der Waals surface area contributed by atoms with Gasteiger partial charge in [0.15, 0.2) is 0 Å². The Bertz CT molecular complexity index is 508. The summed E-state index contributed by atoms with van der Waals surface area (Å²) in [5.41, 5.74) is -0.395. The first-order valence-electron chi connectivity index (χ1n) is 6.51. The predicted molar refractivity (Wildman–Crippen MR) is 70.6 cm³/mol. The minimum atomic E-state index is -4.45. The van der Waals surface area contributed by atoms with Gasteiger partial charge in [-0.05, 0) is 37.0 Å². The van der Waals surface area contributed by atoms with Crippen LogP contribution in [-0.4, -0.2) is 19.0 Å². The maximum Gasteiger partial charge on any atom is 0.416 e. The van der Waals surface area contributed by atoms with Crippen molar-refractivity contribution in [2.45, 2.75) is 32.0 Å². The predicted octanol–water partition coefficient (Wildman–Crippen LogP) is 3.28. The molecule has 0 aliphatic heterocycles. The van der Waals surface area contributed by atoms with E-state index in [0.29, 0.717) is 11.6 Å². The fraction of sp³-hybridized carbons (Fsp3) is 0.500. The van der Waals surface area contributed by atoms with E-state index in [0.717, 1.165) is 25.0 Å². The zero-order valence-corrected chi connectivity index (χ0v) is 11.3. The Hall–Kier alpha value is -1.72. The quantitative estimate of drug-likeness (QED) is 0.895. The van der Waals surface area contributed by atoms with Crippen molar-refractivity contribution in [3.05, 3.63) is 29.3 Å². The zero-order valence-electron chi connectivity index (χ0n) is 11.3. The Balaban J connectivity index is 2.21. The van der Waals surface area contributed by atoms with Crippen molar-refractivity contribution >= 4 is 11.6 Å². The van der Waals surface area contributed by atoms with Crippen molar-refractivity contribution < 1.29 is 18.0 Å². The second kappa shape index (κ2) is 5.34. The summed E-state index contributed by atoms with van der Waals surface area (Å²) in [6, 6.07) is 3.20. The summed E-state index contributed by atoms with van der Waals surface area (Å²) >= 11 is 0. The maximum absolute atomic E-state index is 12.7. The van der Waals surface area contributed by atoms with E-state index in [-0.39, 0.29) is 11.6 Å². The van der Waals surface area contributed by atoms with Crippen molar-refractivity contribution in [2.24, 2.45) is 5.92 Å². The van der Waals surface area contributed by atoms with E-state index in [1.807, 2.05) is 0 Å². The molecule has 6 heteroatoms. The highest BCUT2D eigenvalue weighted by atomic mass is 19.4. The summed E-state index contributed by atoms with van der Waals surface area (Å²) in [5, 5.41) is 5.52. The van der Waals surface area contributed by atoms with Gasteiger partial charge < -0.3 is 10.6 Å². The molecule has 1 aliphatic rings. The molecule has 0 heterocycles. The number of amides is 1. The Morgan fingerprint density at radius 1 is 1.30 bits per heavy atom. The molecular formula is C14H17F3N2O. The molecule has 1 aromatic rings. The lowest BCUT2D eigenvalue weighted by molar-refractivity contribution is -0.137.